The molecule has 9 aromatic carbocycles. The van der Waals surface area contributed by atoms with E-state index < -0.39 is 0 Å². The van der Waals surface area contributed by atoms with E-state index in [0.717, 1.165) is 77.3 Å². The minimum absolute atomic E-state index is 0.553. The standard InChI is InChI=1S/C57H37N5/c1-4-15-38(16-5-1)41-27-29-43(30-28-41)55-58-56(45-22-14-21-44(37-45)40-19-8-3-9-20-40)60-57(59-55)62-52-26-13-11-24-48(52)50-36-35-49-47-23-10-12-25-51(47)61(53(49)54(50)62)46-33-31-42(32-34-46)39-17-6-2-7-18-39/h1-37H. The largest absolute Gasteiger partial charge is 0.307 e. The number of para-hydroxylation sites is 2. The Kier molecular flexibility index (Phi) is 8.42. The monoisotopic (exact) mass is 791 g/mol. The molecule has 0 aliphatic rings. The number of fused-ring (bicyclic) bond motifs is 7. The Bertz CT molecular complexity index is 3590. The van der Waals surface area contributed by atoms with E-state index in [1.165, 1.54) is 16.5 Å². The maximum absolute atomic E-state index is 5.41. The van der Waals surface area contributed by atoms with Gasteiger partial charge in [0.2, 0.25) is 5.95 Å². The quantitative estimate of drug-likeness (QED) is 0.162. The third-order valence-corrected chi connectivity index (χ3v) is 12.0. The maximum Gasteiger partial charge on any atom is 0.238 e. The van der Waals surface area contributed by atoms with E-state index in [9.17, 15) is 0 Å². The summed E-state index contributed by atoms with van der Waals surface area (Å²) >= 11 is 0. The van der Waals surface area contributed by atoms with Gasteiger partial charge in [0.1, 0.15) is 0 Å². The zero-order valence-corrected chi connectivity index (χ0v) is 33.6. The summed E-state index contributed by atoms with van der Waals surface area (Å²) in [7, 11) is 0. The highest BCUT2D eigenvalue weighted by Gasteiger charge is 2.23. The highest BCUT2D eigenvalue weighted by molar-refractivity contribution is 6.23. The highest BCUT2D eigenvalue weighted by atomic mass is 15.2. The molecule has 0 saturated heterocycles. The average Bonchev–Trinajstić information content (AvgIpc) is 3.88. The van der Waals surface area contributed by atoms with Crippen LogP contribution in [0.5, 0.6) is 0 Å². The fraction of sp³-hybridized carbons (Fsp3) is 0. The summed E-state index contributed by atoms with van der Waals surface area (Å²) in [4.78, 5) is 16.0. The molecule has 0 saturated carbocycles. The molecular formula is C57H37N5. The lowest BCUT2D eigenvalue weighted by molar-refractivity contribution is 0.953. The predicted octanol–water partition coefficient (Wildman–Crippen LogP) is 14.4. The molecule has 0 aliphatic heterocycles. The first-order valence-electron chi connectivity index (χ1n) is 20.9. The van der Waals surface area contributed by atoms with Crippen LogP contribution in [-0.4, -0.2) is 24.1 Å². The van der Waals surface area contributed by atoms with Crippen LogP contribution in [0, 0.1) is 0 Å². The number of nitrogens with zero attached hydrogens (tertiary/aromatic N) is 5. The Labute approximate surface area is 358 Å². The maximum atomic E-state index is 5.41. The molecular weight excluding hydrogens is 755 g/mol. The van der Waals surface area contributed by atoms with Crippen LogP contribution in [0.25, 0.3) is 111 Å². The fourth-order valence-corrected chi connectivity index (χ4v) is 9.04. The van der Waals surface area contributed by atoms with Crippen LogP contribution in [0.3, 0.4) is 0 Å². The summed E-state index contributed by atoms with van der Waals surface area (Å²) in [6, 6.07) is 79.2. The van der Waals surface area contributed by atoms with Gasteiger partial charge in [-0.25, -0.2) is 4.98 Å². The van der Waals surface area contributed by atoms with Gasteiger partial charge in [0.05, 0.1) is 22.1 Å². The first kappa shape index (κ1) is 35.5. The minimum atomic E-state index is 0.553. The molecule has 0 radical (unpaired) electrons. The van der Waals surface area contributed by atoms with Gasteiger partial charge in [-0.05, 0) is 63.7 Å². The number of rotatable bonds is 7. The van der Waals surface area contributed by atoms with Crippen LogP contribution in [0.4, 0.5) is 0 Å². The molecule has 12 rings (SSSR count). The molecule has 12 aromatic rings. The van der Waals surface area contributed by atoms with E-state index in [1.807, 2.05) is 12.1 Å². The zero-order chi connectivity index (χ0) is 41.0. The van der Waals surface area contributed by atoms with Crippen molar-refractivity contribution in [1.82, 2.24) is 24.1 Å². The van der Waals surface area contributed by atoms with Crippen LogP contribution in [0.15, 0.2) is 224 Å². The van der Waals surface area contributed by atoms with E-state index in [2.05, 4.69) is 221 Å². The second-order valence-corrected chi connectivity index (χ2v) is 15.6. The molecule has 3 aromatic heterocycles. The van der Waals surface area contributed by atoms with Crippen LogP contribution in [0.2, 0.25) is 0 Å². The lowest BCUT2D eigenvalue weighted by atomic mass is 10.0. The van der Waals surface area contributed by atoms with Crippen molar-refractivity contribution >= 4 is 43.6 Å². The van der Waals surface area contributed by atoms with Gasteiger partial charge in [-0.15, -0.1) is 0 Å². The van der Waals surface area contributed by atoms with Gasteiger partial charge in [0.25, 0.3) is 0 Å². The number of hydrogen-bond acceptors (Lipinski definition) is 3. The van der Waals surface area contributed by atoms with E-state index in [1.54, 1.807) is 0 Å². The van der Waals surface area contributed by atoms with Gasteiger partial charge in [0, 0.05) is 38.4 Å². The summed E-state index contributed by atoms with van der Waals surface area (Å²) < 4.78 is 4.67. The Morgan fingerprint density at radius 3 is 1.24 bits per heavy atom. The molecule has 0 amide bonds. The fourth-order valence-electron chi connectivity index (χ4n) is 9.04. The second-order valence-electron chi connectivity index (χ2n) is 15.6. The van der Waals surface area contributed by atoms with E-state index in [-0.39, 0.29) is 0 Å². The van der Waals surface area contributed by atoms with Crippen molar-refractivity contribution in [3.63, 3.8) is 0 Å². The summed E-state index contributed by atoms with van der Waals surface area (Å²) in [5.41, 5.74) is 14.1. The van der Waals surface area contributed by atoms with Crippen LogP contribution < -0.4 is 0 Å². The van der Waals surface area contributed by atoms with Gasteiger partial charge < -0.3 is 4.57 Å². The molecule has 62 heavy (non-hydrogen) atoms. The lowest BCUT2D eigenvalue weighted by Crippen LogP contribution is -2.07. The van der Waals surface area contributed by atoms with E-state index >= 15 is 0 Å². The van der Waals surface area contributed by atoms with Crippen molar-refractivity contribution in [2.75, 3.05) is 0 Å². The SMILES string of the molecule is c1ccc(-c2ccc(-c3nc(-c4cccc(-c5ccccc5)c4)nc(-n4c5ccccc5c5ccc6c7ccccc7n(-c7ccc(-c8ccccc8)cc7)c6c54)n3)cc2)cc1. The first-order chi connectivity index (χ1) is 30.7. The summed E-state index contributed by atoms with van der Waals surface area (Å²) in [6.45, 7) is 0. The molecule has 0 atom stereocenters. The highest BCUT2D eigenvalue weighted by Crippen LogP contribution is 2.42. The molecule has 0 unspecified atom stereocenters. The number of hydrogen-bond donors (Lipinski definition) is 0. The van der Waals surface area contributed by atoms with Gasteiger partial charge >= 0.3 is 0 Å². The number of benzene rings is 9. The Morgan fingerprint density at radius 2 is 0.661 bits per heavy atom. The topological polar surface area (TPSA) is 48.5 Å². The molecule has 0 N–H and O–H groups in total. The van der Waals surface area contributed by atoms with Crippen molar-refractivity contribution in [3.05, 3.63) is 224 Å². The Hall–Kier alpha value is -8.41. The summed E-state index contributed by atoms with van der Waals surface area (Å²) in [6.07, 6.45) is 0. The predicted molar refractivity (Wildman–Crippen MR) is 256 cm³/mol. The van der Waals surface area contributed by atoms with E-state index in [4.69, 9.17) is 15.0 Å². The van der Waals surface area contributed by atoms with E-state index in [0.29, 0.717) is 17.6 Å². The Morgan fingerprint density at radius 1 is 0.258 bits per heavy atom. The van der Waals surface area contributed by atoms with Gasteiger partial charge in [-0.2, -0.15) is 9.97 Å². The second kappa shape index (κ2) is 14.7. The Balaban J connectivity index is 1.14. The van der Waals surface area contributed by atoms with Crippen LogP contribution in [-0.2, 0) is 0 Å². The third kappa shape index (κ3) is 5.98. The molecule has 0 bridgehead atoms. The van der Waals surface area contributed by atoms with Crippen molar-refractivity contribution < 1.29 is 0 Å². The molecule has 0 fully saturated rings. The molecule has 5 heteroatoms. The lowest BCUT2D eigenvalue weighted by Gasteiger charge is -2.14. The minimum Gasteiger partial charge on any atom is -0.307 e. The smallest absolute Gasteiger partial charge is 0.238 e. The molecule has 3 heterocycles. The summed E-state index contributed by atoms with van der Waals surface area (Å²) in [5, 5.41) is 4.59. The first-order valence-corrected chi connectivity index (χ1v) is 20.9. The van der Waals surface area contributed by atoms with Gasteiger partial charge in [-0.1, -0.05) is 194 Å². The summed E-state index contributed by atoms with van der Waals surface area (Å²) in [5.74, 6) is 1.76. The zero-order valence-electron chi connectivity index (χ0n) is 33.6. The molecule has 0 aliphatic carbocycles. The van der Waals surface area contributed by atoms with Crippen molar-refractivity contribution in [1.29, 1.82) is 0 Å². The third-order valence-electron chi connectivity index (χ3n) is 12.0. The van der Waals surface area contributed by atoms with Crippen LogP contribution >= 0.6 is 0 Å². The average molecular weight is 792 g/mol. The van der Waals surface area contributed by atoms with Gasteiger partial charge in [0.15, 0.2) is 11.6 Å². The molecule has 5 nitrogen and oxygen atoms in total. The van der Waals surface area contributed by atoms with Crippen molar-refractivity contribution in [2.24, 2.45) is 0 Å². The molecule has 0 spiro atoms. The van der Waals surface area contributed by atoms with Gasteiger partial charge in [-0.3, -0.25) is 4.57 Å². The normalized spacial score (nSPS) is 11.5. The van der Waals surface area contributed by atoms with Crippen LogP contribution in [0.1, 0.15) is 0 Å². The van der Waals surface area contributed by atoms with Crippen molar-refractivity contribution in [3.8, 4) is 67.8 Å². The molecule has 290 valence electrons. The van der Waals surface area contributed by atoms with Crippen molar-refractivity contribution in [2.45, 2.75) is 0 Å². The number of aromatic nitrogens is 5.